The molecule has 0 saturated heterocycles. The Bertz CT molecular complexity index is 304. The molecule has 1 nitrogen and oxygen atoms in total. The number of halogens is 1. The lowest BCUT2D eigenvalue weighted by Gasteiger charge is -2.04. The molecule has 0 aliphatic heterocycles. The molecule has 0 saturated carbocycles. The molecule has 0 aliphatic carbocycles. The molecule has 13 heavy (non-hydrogen) atoms. The molecule has 0 radical (unpaired) electrons. The fourth-order valence-electron chi connectivity index (χ4n) is 0.829. The molecule has 0 aliphatic rings. The highest BCUT2D eigenvalue weighted by Gasteiger charge is 2.03. The Hall–Kier alpha value is -0.540. The molecular formula is C10H9BrOS. The van der Waals surface area contributed by atoms with Gasteiger partial charge in [-0.3, -0.25) is 0 Å². The molecule has 68 valence electrons. The molecular weight excluding hydrogens is 248 g/mol. The number of carbonyl (C=O) groups excluding carboxylic acids is 1. The Morgan fingerprint density at radius 3 is 2.85 bits per heavy atom. The lowest BCUT2D eigenvalue weighted by atomic mass is 10.4. The summed E-state index contributed by atoms with van der Waals surface area (Å²) in [6, 6.07) is 7.84. The molecule has 0 fully saturated rings. The standard InChI is InChI=1S/C10H9BrOS/c1-2-9(7-12)13-10-5-3-4-8(11)6-10/h2-7,9H,1H2. The molecule has 0 N–H and O–H groups in total. The monoisotopic (exact) mass is 256 g/mol. The van der Waals surface area contributed by atoms with Crippen LogP contribution in [0.15, 0.2) is 46.3 Å². The van der Waals surface area contributed by atoms with E-state index in [0.29, 0.717) is 0 Å². The maximum absolute atomic E-state index is 10.5. The quantitative estimate of drug-likeness (QED) is 0.467. The number of rotatable bonds is 4. The maximum Gasteiger partial charge on any atom is 0.137 e. The van der Waals surface area contributed by atoms with Crippen LogP contribution in [0.25, 0.3) is 0 Å². The zero-order valence-corrected chi connectivity index (χ0v) is 9.35. The second-order valence-electron chi connectivity index (χ2n) is 2.41. The first-order valence-corrected chi connectivity index (χ1v) is 5.43. The predicted molar refractivity (Wildman–Crippen MR) is 60.0 cm³/mol. The summed E-state index contributed by atoms with van der Waals surface area (Å²) in [5.41, 5.74) is 0. The molecule has 3 heteroatoms. The Labute approximate surface area is 90.4 Å². The van der Waals surface area contributed by atoms with E-state index in [1.165, 1.54) is 11.8 Å². The smallest absolute Gasteiger partial charge is 0.137 e. The van der Waals surface area contributed by atoms with Crippen molar-refractivity contribution in [2.45, 2.75) is 10.1 Å². The van der Waals surface area contributed by atoms with Crippen LogP contribution in [0.1, 0.15) is 0 Å². The van der Waals surface area contributed by atoms with Crippen molar-refractivity contribution in [2.24, 2.45) is 0 Å². The van der Waals surface area contributed by atoms with Gasteiger partial charge in [-0.2, -0.15) is 0 Å². The van der Waals surface area contributed by atoms with Gasteiger partial charge in [-0.15, -0.1) is 18.3 Å². The first-order chi connectivity index (χ1) is 6.26. The lowest BCUT2D eigenvalue weighted by molar-refractivity contribution is -0.106. The molecule has 0 amide bonds. The van der Waals surface area contributed by atoms with Crippen molar-refractivity contribution < 1.29 is 4.79 Å². The number of benzene rings is 1. The third-order valence-corrected chi connectivity index (χ3v) is 3.03. The summed E-state index contributed by atoms with van der Waals surface area (Å²) in [6.07, 6.45) is 2.52. The van der Waals surface area contributed by atoms with Gasteiger partial charge >= 0.3 is 0 Å². The average Bonchev–Trinajstić information content (AvgIpc) is 2.14. The molecule has 1 aromatic rings. The van der Waals surface area contributed by atoms with Crippen LogP contribution in [0.2, 0.25) is 0 Å². The number of thioether (sulfide) groups is 1. The first-order valence-electron chi connectivity index (χ1n) is 3.76. The van der Waals surface area contributed by atoms with E-state index in [4.69, 9.17) is 0 Å². The zero-order valence-electron chi connectivity index (χ0n) is 6.94. The van der Waals surface area contributed by atoms with E-state index in [0.717, 1.165) is 15.7 Å². The maximum atomic E-state index is 10.5. The predicted octanol–water partition coefficient (Wildman–Crippen LogP) is 3.29. The molecule has 0 aromatic heterocycles. The van der Waals surface area contributed by atoms with Crippen molar-refractivity contribution in [3.63, 3.8) is 0 Å². The van der Waals surface area contributed by atoms with Crippen molar-refractivity contribution in [1.29, 1.82) is 0 Å². The van der Waals surface area contributed by atoms with Crippen molar-refractivity contribution in [3.8, 4) is 0 Å². The van der Waals surface area contributed by atoms with Gasteiger partial charge in [0.2, 0.25) is 0 Å². The van der Waals surface area contributed by atoms with E-state index in [9.17, 15) is 4.79 Å². The van der Waals surface area contributed by atoms with Crippen LogP contribution in [-0.4, -0.2) is 11.5 Å². The van der Waals surface area contributed by atoms with Gasteiger partial charge in [0.15, 0.2) is 0 Å². The third-order valence-electron chi connectivity index (χ3n) is 1.43. The molecule has 1 aromatic carbocycles. The highest BCUT2D eigenvalue weighted by molar-refractivity contribution is 9.10. The largest absolute Gasteiger partial charge is 0.302 e. The third kappa shape index (κ3) is 3.36. The molecule has 1 atom stereocenters. The Morgan fingerprint density at radius 2 is 2.31 bits per heavy atom. The molecule has 0 spiro atoms. The van der Waals surface area contributed by atoms with Crippen molar-refractivity contribution in [2.75, 3.05) is 0 Å². The molecule has 0 bridgehead atoms. The van der Waals surface area contributed by atoms with Crippen LogP contribution in [-0.2, 0) is 4.79 Å². The summed E-state index contributed by atoms with van der Waals surface area (Å²) < 4.78 is 1.02. The van der Waals surface area contributed by atoms with Crippen LogP contribution >= 0.6 is 27.7 Å². The number of hydrogen-bond acceptors (Lipinski definition) is 2. The van der Waals surface area contributed by atoms with Gasteiger partial charge < -0.3 is 4.79 Å². The number of carbonyl (C=O) groups is 1. The fraction of sp³-hybridized carbons (Fsp3) is 0.100. The van der Waals surface area contributed by atoms with Gasteiger partial charge in [0.25, 0.3) is 0 Å². The lowest BCUT2D eigenvalue weighted by Crippen LogP contribution is -1.97. The molecule has 1 unspecified atom stereocenters. The van der Waals surface area contributed by atoms with E-state index < -0.39 is 0 Å². The minimum Gasteiger partial charge on any atom is -0.302 e. The van der Waals surface area contributed by atoms with Crippen LogP contribution in [0, 0.1) is 0 Å². The number of hydrogen-bond donors (Lipinski definition) is 0. The van der Waals surface area contributed by atoms with Gasteiger partial charge in [0.1, 0.15) is 6.29 Å². The summed E-state index contributed by atoms with van der Waals surface area (Å²) in [4.78, 5) is 11.6. The highest BCUT2D eigenvalue weighted by Crippen LogP contribution is 2.25. The van der Waals surface area contributed by atoms with Crippen molar-refractivity contribution >= 4 is 34.0 Å². The summed E-state index contributed by atoms with van der Waals surface area (Å²) in [6.45, 7) is 3.59. The fourth-order valence-corrected chi connectivity index (χ4v) is 2.20. The Kier molecular flexibility index (Phi) is 4.25. The van der Waals surface area contributed by atoms with Crippen LogP contribution < -0.4 is 0 Å². The van der Waals surface area contributed by atoms with Crippen LogP contribution in [0.3, 0.4) is 0 Å². The van der Waals surface area contributed by atoms with Gasteiger partial charge in [-0.25, -0.2) is 0 Å². The van der Waals surface area contributed by atoms with E-state index in [2.05, 4.69) is 22.5 Å². The summed E-state index contributed by atoms with van der Waals surface area (Å²) in [5.74, 6) is 0. The van der Waals surface area contributed by atoms with Crippen LogP contribution in [0.5, 0.6) is 0 Å². The minimum atomic E-state index is -0.158. The SMILES string of the molecule is C=CC(C=O)Sc1cccc(Br)c1. The van der Waals surface area contributed by atoms with E-state index in [-0.39, 0.29) is 5.25 Å². The summed E-state index contributed by atoms with van der Waals surface area (Å²) >= 11 is 4.86. The van der Waals surface area contributed by atoms with Crippen molar-refractivity contribution in [3.05, 3.63) is 41.4 Å². The minimum absolute atomic E-state index is 0.158. The van der Waals surface area contributed by atoms with E-state index >= 15 is 0 Å². The topological polar surface area (TPSA) is 17.1 Å². The van der Waals surface area contributed by atoms with Crippen LogP contribution in [0.4, 0.5) is 0 Å². The van der Waals surface area contributed by atoms with Gasteiger partial charge in [0, 0.05) is 9.37 Å². The van der Waals surface area contributed by atoms with E-state index in [1.807, 2.05) is 24.3 Å². The first kappa shape index (κ1) is 10.5. The van der Waals surface area contributed by atoms with Gasteiger partial charge in [0.05, 0.1) is 5.25 Å². The highest BCUT2D eigenvalue weighted by atomic mass is 79.9. The Morgan fingerprint density at radius 1 is 1.54 bits per heavy atom. The number of aldehydes is 1. The van der Waals surface area contributed by atoms with Gasteiger partial charge in [-0.1, -0.05) is 28.1 Å². The normalized spacial score (nSPS) is 12.1. The summed E-state index contributed by atoms with van der Waals surface area (Å²) in [7, 11) is 0. The second kappa shape index (κ2) is 5.25. The van der Waals surface area contributed by atoms with Crippen molar-refractivity contribution in [1.82, 2.24) is 0 Å². The van der Waals surface area contributed by atoms with E-state index in [1.54, 1.807) is 6.08 Å². The zero-order chi connectivity index (χ0) is 9.68. The average molecular weight is 257 g/mol. The molecule has 1 rings (SSSR count). The molecule has 0 heterocycles. The summed E-state index contributed by atoms with van der Waals surface area (Å²) in [5, 5.41) is -0.158. The van der Waals surface area contributed by atoms with Gasteiger partial charge in [-0.05, 0) is 18.2 Å². The second-order valence-corrected chi connectivity index (χ2v) is 4.58. The Balaban J connectivity index is 2.73.